The molecule has 0 unspecified atom stereocenters. The molecule has 2 atom stereocenters. The van der Waals surface area contributed by atoms with Crippen molar-refractivity contribution in [2.24, 2.45) is 0 Å². The van der Waals surface area contributed by atoms with Crippen molar-refractivity contribution < 1.29 is 22.6 Å². The fraction of sp³-hybridized carbons (Fsp3) is 0.346. The molecule has 0 amide bonds. The summed E-state index contributed by atoms with van der Waals surface area (Å²) >= 11 is 0. The molecule has 180 valence electrons. The summed E-state index contributed by atoms with van der Waals surface area (Å²) in [6, 6.07) is 15.9. The molecule has 0 spiro atoms. The number of rotatable bonds is 6. The molecule has 1 aliphatic heterocycles. The van der Waals surface area contributed by atoms with Crippen molar-refractivity contribution in [2.75, 3.05) is 23.3 Å². The van der Waals surface area contributed by atoms with Crippen molar-refractivity contribution in [1.29, 1.82) is 0 Å². The van der Waals surface area contributed by atoms with E-state index in [0.717, 1.165) is 46.8 Å². The number of hydrogen-bond acceptors (Lipinski definition) is 5. The Bertz CT molecular complexity index is 1090. The zero-order valence-corrected chi connectivity index (χ0v) is 19.4. The van der Waals surface area contributed by atoms with Gasteiger partial charge in [-0.3, -0.25) is 0 Å². The molecule has 0 radical (unpaired) electrons. The Morgan fingerprint density at radius 1 is 1.03 bits per heavy atom. The van der Waals surface area contributed by atoms with Crippen LogP contribution in [0.5, 0.6) is 5.75 Å². The number of nitrogens with zero attached hydrogens (tertiary/aromatic N) is 2. The van der Waals surface area contributed by atoms with Gasteiger partial charge in [-0.15, -0.1) is 13.2 Å². The van der Waals surface area contributed by atoms with E-state index in [-0.39, 0.29) is 18.0 Å². The van der Waals surface area contributed by atoms with Crippen molar-refractivity contribution in [3.8, 4) is 16.9 Å². The van der Waals surface area contributed by atoms with E-state index in [1.807, 2.05) is 43.5 Å². The van der Waals surface area contributed by atoms with Gasteiger partial charge in [-0.1, -0.05) is 30.3 Å². The highest BCUT2D eigenvalue weighted by atomic mass is 19.4. The second kappa shape index (κ2) is 9.93. The fourth-order valence-electron chi connectivity index (χ4n) is 4.26. The lowest BCUT2D eigenvalue weighted by molar-refractivity contribution is -0.274. The maximum atomic E-state index is 12.4. The van der Waals surface area contributed by atoms with Gasteiger partial charge in [0.05, 0.1) is 24.1 Å². The summed E-state index contributed by atoms with van der Waals surface area (Å²) in [4.78, 5) is 6.86. The van der Waals surface area contributed by atoms with E-state index >= 15 is 0 Å². The van der Waals surface area contributed by atoms with E-state index < -0.39 is 6.36 Å². The number of halogens is 3. The van der Waals surface area contributed by atoms with Gasteiger partial charge < -0.3 is 19.7 Å². The Hall–Kier alpha value is -3.26. The van der Waals surface area contributed by atoms with Crippen molar-refractivity contribution in [3.05, 3.63) is 71.9 Å². The van der Waals surface area contributed by atoms with Crippen LogP contribution in [0.2, 0.25) is 0 Å². The summed E-state index contributed by atoms with van der Waals surface area (Å²) in [5.41, 5.74) is 4.85. The number of aromatic nitrogens is 1. The predicted octanol–water partition coefficient (Wildman–Crippen LogP) is 6.18. The second-order valence-corrected chi connectivity index (χ2v) is 8.58. The molecule has 34 heavy (non-hydrogen) atoms. The Balaban J connectivity index is 1.42. The van der Waals surface area contributed by atoms with Gasteiger partial charge >= 0.3 is 6.36 Å². The molecule has 2 aromatic carbocycles. The Morgan fingerprint density at radius 2 is 1.74 bits per heavy atom. The van der Waals surface area contributed by atoms with E-state index in [9.17, 15) is 13.2 Å². The summed E-state index contributed by atoms with van der Waals surface area (Å²) in [7, 11) is 0. The van der Waals surface area contributed by atoms with E-state index in [0.29, 0.717) is 6.54 Å². The molecule has 3 aromatic rings. The van der Waals surface area contributed by atoms with Crippen LogP contribution in [0.15, 0.2) is 60.8 Å². The van der Waals surface area contributed by atoms with Gasteiger partial charge in [-0.25, -0.2) is 4.98 Å². The molecule has 4 rings (SSSR count). The van der Waals surface area contributed by atoms with Gasteiger partial charge in [0.1, 0.15) is 11.6 Å². The zero-order chi connectivity index (χ0) is 24.3. The molecule has 2 heterocycles. The lowest BCUT2D eigenvalue weighted by Crippen LogP contribution is -2.45. The highest BCUT2D eigenvalue weighted by molar-refractivity contribution is 5.69. The summed E-state index contributed by atoms with van der Waals surface area (Å²) in [6.45, 7) is 8.38. The van der Waals surface area contributed by atoms with E-state index in [1.165, 1.54) is 12.1 Å². The molecule has 1 aliphatic rings. The predicted molar refractivity (Wildman–Crippen MR) is 127 cm³/mol. The minimum Gasteiger partial charge on any atom is -0.406 e. The second-order valence-electron chi connectivity index (χ2n) is 8.58. The van der Waals surface area contributed by atoms with Gasteiger partial charge in [-0.05, 0) is 67.3 Å². The topological polar surface area (TPSA) is 46.6 Å². The van der Waals surface area contributed by atoms with Crippen LogP contribution < -0.4 is 15.0 Å². The number of anilines is 2. The van der Waals surface area contributed by atoms with Gasteiger partial charge in [0.25, 0.3) is 0 Å². The molecule has 1 aromatic heterocycles. The van der Waals surface area contributed by atoms with Gasteiger partial charge in [0.2, 0.25) is 0 Å². The number of benzene rings is 2. The summed E-state index contributed by atoms with van der Waals surface area (Å²) < 4.78 is 47.0. The standard InChI is InChI=1S/C26H28F3N3O2/c1-17-15-32(16-18(2)33-17)25-12-9-22(14-31-25)30-13-21-5-4-6-24(19(21)3)20-7-10-23(11-8-20)34-26(27,28)29/h4-12,14,17-18,30H,13,15-16H2,1-3H3/t17-,18+. The van der Waals surface area contributed by atoms with Crippen molar-refractivity contribution >= 4 is 11.5 Å². The molecule has 8 heteroatoms. The van der Waals surface area contributed by atoms with Crippen LogP contribution in [-0.2, 0) is 11.3 Å². The molecule has 1 fully saturated rings. The minimum atomic E-state index is -4.70. The van der Waals surface area contributed by atoms with Gasteiger partial charge in [-0.2, -0.15) is 0 Å². The van der Waals surface area contributed by atoms with E-state index in [1.54, 1.807) is 12.1 Å². The van der Waals surface area contributed by atoms with E-state index in [4.69, 9.17) is 4.74 Å². The largest absolute Gasteiger partial charge is 0.573 e. The monoisotopic (exact) mass is 471 g/mol. The molecule has 0 saturated carbocycles. The molecule has 1 N–H and O–H groups in total. The first kappa shape index (κ1) is 23.9. The van der Waals surface area contributed by atoms with Crippen LogP contribution in [0.3, 0.4) is 0 Å². The van der Waals surface area contributed by atoms with Crippen LogP contribution in [0, 0.1) is 6.92 Å². The van der Waals surface area contributed by atoms with Crippen molar-refractivity contribution in [1.82, 2.24) is 4.98 Å². The highest BCUT2D eigenvalue weighted by Gasteiger charge is 2.31. The lowest BCUT2D eigenvalue weighted by atomic mass is 9.96. The van der Waals surface area contributed by atoms with Crippen LogP contribution >= 0.6 is 0 Å². The third-order valence-corrected chi connectivity index (χ3v) is 5.82. The first-order valence-corrected chi connectivity index (χ1v) is 11.2. The number of hydrogen-bond donors (Lipinski definition) is 1. The van der Waals surface area contributed by atoms with E-state index in [2.05, 4.69) is 33.8 Å². The van der Waals surface area contributed by atoms with Gasteiger partial charge in [0.15, 0.2) is 0 Å². The quantitative estimate of drug-likeness (QED) is 0.465. The average Bonchev–Trinajstić information content (AvgIpc) is 2.78. The van der Waals surface area contributed by atoms with Crippen LogP contribution in [0.4, 0.5) is 24.7 Å². The maximum absolute atomic E-state index is 12.4. The summed E-state index contributed by atoms with van der Waals surface area (Å²) in [5.74, 6) is 0.701. The zero-order valence-electron chi connectivity index (χ0n) is 19.4. The SMILES string of the molecule is Cc1c(CNc2ccc(N3C[C@@H](C)O[C@@H](C)C3)nc2)cccc1-c1ccc(OC(F)(F)F)cc1. The average molecular weight is 472 g/mol. The Morgan fingerprint density at radius 3 is 2.35 bits per heavy atom. The summed E-state index contributed by atoms with van der Waals surface area (Å²) in [5, 5.41) is 3.41. The number of ether oxygens (including phenoxy) is 2. The third-order valence-electron chi connectivity index (χ3n) is 5.82. The van der Waals surface area contributed by atoms with Crippen molar-refractivity contribution in [3.63, 3.8) is 0 Å². The molecular weight excluding hydrogens is 443 g/mol. The van der Waals surface area contributed by atoms with Crippen LogP contribution in [-0.4, -0.2) is 36.6 Å². The maximum Gasteiger partial charge on any atom is 0.573 e. The molecule has 0 aliphatic carbocycles. The first-order valence-electron chi connectivity index (χ1n) is 11.2. The lowest BCUT2D eigenvalue weighted by Gasteiger charge is -2.36. The van der Waals surface area contributed by atoms with Crippen LogP contribution in [0.25, 0.3) is 11.1 Å². The van der Waals surface area contributed by atoms with Crippen molar-refractivity contribution in [2.45, 2.75) is 45.9 Å². The molecule has 0 bridgehead atoms. The molecular formula is C26H28F3N3O2. The third kappa shape index (κ3) is 5.99. The number of alkyl halides is 3. The first-order chi connectivity index (χ1) is 16.2. The number of nitrogens with one attached hydrogen (secondary N) is 1. The smallest absolute Gasteiger partial charge is 0.406 e. The summed E-state index contributed by atoms with van der Waals surface area (Å²) in [6.07, 6.45) is -2.52. The Kier molecular flexibility index (Phi) is 6.97. The fourth-order valence-corrected chi connectivity index (χ4v) is 4.26. The molecule has 1 saturated heterocycles. The van der Waals surface area contributed by atoms with Gasteiger partial charge in [0, 0.05) is 19.6 Å². The number of morpholine rings is 1. The molecule has 5 nitrogen and oxygen atoms in total. The normalized spacial score (nSPS) is 18.6. The van der Waals surface area contributed by atoms with Crippen LogP contribution in [0.1, 0.15) is 25.0 Å². The highest BCUT2D eigenvalue weighted by Crippen LogP contribution is 2.30. The number of pyridine rings is 1. The minimum absolute atomic E-state index is 0.173. The Labute approximate surface area is 197 Å².